The summed E-state index contributed by atoms with van der Waals surface area (Å²) in [5.41, 5.74) is 1.04. The highest BCUT2D eigenvalue weighted by Crippen LogP contribution is 2.29. The maximum absolute atomic E-state index is 11.8. The summed E-state index contributed by atoms with van der Waals surface area (Å²) in [5.74, 6) is -1.80. The van der Waals surface area contributed by atoms with Gasteiger partial charge in [-0.3, -0.25) is 9.59 Å². The Kier molecular flexibility index (Phi) is 6.39. The predicted molar refractivity (Wildman–Crippen MR) is 69.4 cm³/mol. The number of hydrogen-bond acceptors (Lipinski definition) is 4. The molecule has 108 valence electrons. The third kappa shape index (κ3) is 5.77. The summed E-state index contributed by atoms with van der Waals surface area (Å²) in [6, 6.07) is 0. The van der Waals surface area contributed by atoms with E-state index in [4.69, 9.17) is 14.6 Å². The Morgan fingerprint density at radius 1 is 1.21 bits per heavy atom. The van der Waals surface area contributed by atoms with Gasteiger partial charge in [-0.2, -0.15) is 0 Å². The molecule has 2 unspecified atom stereocenters. The average molecular weight is 270 g/mol. The van der Waals surface area contributed by atoms with Gasteiger partial charge in [-0.1, -0.05) is 6.42 Å². The van der Waals surface area contributed by atoms with Crippen LogP contribution in [0.25, 0.3) is 0 Å². The van der Waals surface area contributed by atoms with Gasteiger partial charge in [0.2, 0.25) is 0 Å². The van der Waals surface area contributed by atoms with E-state index in [1.54, 1.807) is 6.26 Å². The summed E-state index contributed by atoms with van der Waals surface area (Å²) in [6.45, 7) is 4.36. The molecule has 0 spiro atoms. The van der Waals surface area contributed by atoms with Crippen molar-refractivity contribution in [3.05, 3.63) is 11.8 Å². The van der Waals surface area contributed by atoms with Crippen LogP contribution in [0.1, 0.15) is 39.5 Å². The lowest BCUT2D eigenvalue weighted by Gasteiger charge is -2.24. The summed E-state index contributed by atoms with van der Waals surface area (Å²) in [6.07, 6.45) is 4.16. The van der Waals surface area contributed by atoms with E-state index in [1.165, 1.54) is 0 Å². The van der Waals surface area contributed by atoms with Gasteiger partial charge in [0, 0.05) is 0 Å². The number of rotatable bonds is 6. The molecule has 5 heteroatoms. The van der Waals surface area contributed by atoms with Gasteiger partial charge >= 0.3 is 11.9 Å². The zero-order chi connectivity index (χ0) is 14.3. The number of carbonyl (C=O) groups is 2. The highest BCUT2D eigenvalue weighted by Gasteiger charge is 2.31. The van der Waals surface area contributed by atoms with Crippen molar-refractivity contribution in [3.63, 3.8) is 0 Å². The fraction of sp³-hybridized carbons (Fsp3) is 0.714. The molecule has 1 rings (SSSR count). The van der Waals surface area contributed by atoms with E-state index < -0.39 is 11.9 Å². The summed E-state index contributed by atoms with van der Waals surface area (Å²) >= 11 is 0. The Morgan fingerprint density at radius 3 is 2.53 bits per heavy atom. The molecule has 1 fully saturated rings. The van der Waals surface area contributed by atoms with Crippen LogP contribution in [-0.4, -0.2) is 30.3 Å². The van der Waals surface area contributed by atoms with Crippen molar-refractivity contribution in [1.82, 2.24) is 0 Å². The second kappa shape index (κ2) is 7.81. The summed E-state index contributed by atoms with van der Waals surface area (Å²) in [4.78, 5) is 22.7. The normalized spacial score (nSPS) is 22.4. The Labute approximate surface area is 113 Å². The van der Waals surface area contributed by atoms with E-state index >= 15 is 0 Å². The van der Waals surface area contributed by atoms with E-state index in [2.05, 4.69) is 0 Å². The molecule has 0 radical (unpaired) electrons. The molecular formula is C14H22O5. The molecule has 5 nitrogen and oxygen atoms in total. The smallest absolute Gasteiger partial charge is 0.309 e. The van der Waals surface area contributed by atoms with E-state index in [9.17, 15) is 9.59 Å². The second-order valence-electron chi connectivity index (χ2n) is 5.13. The topological polar surface area (TPSA) is 72.8 Å². The lowest BCUT2D eigenvalue weighted by atomic mass is 9.81. The molecule has 0 aromatic carbocycles. The second-order valence-corrected chi connectivity index (χ2v) is 5.13. The van der Waals surface area contributed by atoms with Crippen LogP contribution in [0.4, 0.5) is 0 Å². The third-order valence-electron chi connectivity index (χ3n) is 3.12. The zero-order valence-electron chi connectivity index (χ0n) is 11.6. The lowest BCUT2D eigenvalue weighted by Crippen LogP contribution is -2.29. The molecule has 0 heterocycles. The van der Waals surface area contributed by atoms with Crippen LogP contribution in [0.5, 0.6) is 0 Å². The van der Waals surface area contributed by atoms with E-state index in [0.29, 0.717) is 19.4 Å². The molecule has 2 atom stereocenters. The Hall–Kier alpha value is -1.52. The molecule has 0 aliphatic heterocycles. The van der Waals surface area contributed by atoms with E-state index in [1.807, 2.05) is 13.8 Å². The molecule has 0 amide bonds. The number of esters is 1. The Morgan fingerprint density at radius 2 is 1.89 bits per heavy atom. The van der Waals surface area contributed by atoms with Crippen LogP contribution in [0.2, 0.25) is 0 Å². The zero-order valence-corrected chi connectivity index (χ0v) is 11.6. The van der Waals surface area contributed by atoms with Crippen molar-refractivity contribution >= 4 is 11.9 Å². The van der Waals surface area contributed by atoms with Crippen molar-refractivity contribution in [2.75, 3.05) is 13.2 Å². The van der Waals surface area contributed by atoms with Crippen LogP contribution in [0.3, 0.4) is 0 Å². The van der Waals surface area contributed by atoms with Gasteiger partial charge in [-0.15, -0.1) is 0 Å². The van der Waals surface area contributed by atoms with Crippen molar-refractivity contribution in [2.24, 2.45) is 11.8 Å². The molecule has 19 heavy (non-hydrogen) atoms. The lowest BCUT2D eigenvalue weighted by molar-refractivity contribution is -0.153. The minimum Gasteiger partial charge on any atom is -0.498 e. The largest absolute Gasteiger partial charge is 0.498 e. The van der Waals surface area contributed by atoms with Gasteiger partial charge in [-0.25, -0.2) is 0 Å². The number of hydrogen-bond donors (Lipinski definition) is 1. The van der Waals surface area contributed by atoms with Gasteiger partial charge in [0.25, 0.3) is 0 Å². The van der Waals surface area contributed by atoms with Gasteiger partial charge in [-0.05, 0) is 38.7 Å². The molecule has 0 aromatic heterocycles. The first-order valence-electron chi connectivity index (χ1n) is 6.65. The summed E-state index contributed by atoms with van der Waals surface area (Å²) < 4.78 is 10.3. The van der Waals surface area contributed by atoms with E-state index in [-0.39, 0.29) is 18.5 Å². The fourth-order valence-corrected chi connectivity index (χ4v) is 2.16. The van der Waals surface area contributed by atoms with Gasteiger partial charge in [0.15, 0.2) is 0 Å². The third-order valence-corrected chi connectivity index (χ3v) is 3.12. The quantitative estimate of drug-likeness (QED) is 0.455. The van der Waals surface area contributed by atoms with Gasteiger partial charge < -0.3 is 14.6 Å². The number of ether oxygens (including phenoxy) is 2. The first kappa shape index (κ1) is 15.5. The molecule has 1 aliphatic carbocycles. The van der Waals surface area contributed by atoms with E-state index in [0.717, 1.165) is 18.4 Å². The number of carboxylic acids is 1. The van der Waals surface area contributed by atoms with Crippen LogP contribution in [0, 0.1) is 11.8 Å². The average Bonchev–Trinajstić information content (AvgIpc) is 2.37. The minimum atomic E-state index is -0.815. The minimum absolute atomic E-state index is 0.205. The number of carbonyl (C=O) groups excluding carboxylic acids is 1. The number of allylic oxidation sites excluding steroid dienone is 1. The van der Waals surface area contributed by atoms with Gasteiger partial charge in [0.1, 0.15) is 13.2 Å². The summed E-state index contributed by atoms with van der Waals surface area (Å²) in [7, 11) is 0. The number of carboxylic acid groups (broad SMARTS) is 1. The maximum Gasteiger partial charge on any atom is 0.309 e. The highest BCUT2D eigenvalue weighted by atomic mass is 16.6. The van der Waals surface area contributed by atoms with Crippen molar-refractivity contribution < 1.29 is 24.2 Å². The SMILES string of the molecule is CC(C)=COCCOC(=O)C1CCCC(C(=O)O)C1. The Balaban J connectivity index is 2.25. The molecule has 0 saturated heterocycles. The molecule has 0 bridgehead atoms. The van der Waals surface area contributed by atoms with Gasteiger partial charge in [0.05, 0.1) is 18.1 Å². The molecule has 1 saturated carbocycles. The standard InChI is InChI=1S/C14H22O5/c1-10(2)9-18-6-7-19-14(17)12-5-3-4-11(8-12)13(15)16/h9,11-12H,3-8H2,1-2H3,(H,15,16). The summed E-state index contributed by atoms with van der Waals surface area (Å²) in [5, 5.41) is 8.96. The maximum atomic E-state index is 11.8. The fourth-order valence-electron chi connectivity index (χ4n) is 2.16. The molecule has 0 aromatic rings. The van der Waals surface area contributed by atoms with Crippen molar-refractivity contribution in [3.8, 4) is 0 Å². The van der Waals surface area contributed by atoms with Crippen molar-refractivity contribution in [1.29, 1.82) is 0 Å². The molecule has 1 N–H and O–H groups in total. The van der Waals surface area contributed by atoms with Crippen LogP contribution < -0.4 is 0 Å². The highest BCUT2D eigenvalue weighted by molar-refractivity contribution is 5.75. The van der Waals surface area contributed by atoms with Crippen LogP contribution in [0.15, 0.2) is 11.8 Å². The first-order chi connectivity index (χ1) is 9.00. The molecule has 1 aliphatic rings. The van der Waals surface area contributed by atoms with Crippen molar-refractivity contribution in [2.45, 2.75) is 39.5 Å². The number of aliphatic carboxylic acids is 1. The Bertz CT molecular complexity index is 344. The van der Waals surface area contributed by atoms with Crippen LogP contribution >= 0.6 is 0 Å². The first-order valence-corrected chi connectivity index (χ1v) is 6.65. The monoisotopic (exact) mass is 270 g/mol. The molecular weight excluding hydrogens is 248 g/mol. The van der Waals surface area contributed by atoms with Crippen LogP contribution in [-0.2, 0) is 19.1 Å². The predicted octanol–water partition coefficient (Wildman–Crippen LogP) is 2.36.